The van der Waals surface area contributed by atoms with Crippen molar-refractivity contribution in [3.05, 3.63) is 54.3 Å². The van der Waals surface area contributed by atoms with Crippen LogP contribution in [0.25, 0.3) is 0 Å². The molecule has 0 aliphatic rings. The average molecular weight is 625 g/mol. The van der Waals surface area contributed by atoms with Crippen LogP contribution in [0, 0.1) is 0 Å². The van der Waals surface area contributed by atoms with E-state index in [1.807, 2.05) is 0 Å². The molecule has 0 aliphatic carbocycles. The Morgan fingerprint density at radius 3 is 2.49 bits per heavy atom. The molecule has 3 N–H and O–H groups in total. The molecule has 0 saturated carbocycles. The molecule has 0 heterocycles. The van der Waals surface area contributed by atoms with Crippen molar-refractivity contribution in [2.24, 2.45) is 10.7 Å². The molecule has 0 bridgehead atoms. The monoisotopic (exact) mass is 624 g/mol. The Hall–Kier alpha value is -1.70. The van der Waals surface area contributed by atoms with Gasteiger partial charge in [-0.15, -0.1) is 0 Å². The van der Waals surface area contributed by atoms with Gasteiger partial charge in [0.05, 0.1) is 22.2 Å². The molecule has 7 nitrogen and oxygen atoms in total. The van der Waals surface area contributed by atoms with Gasteiger partial charge in [0, 0.05) is 35.3 Å². The number of nitrogens with zero attached hydrogens (tertiary/aromatic N) is 2. The SMILES string of the molecule is C=N/C=C\C=C\CC(C)(N)C(=O)NCc1ccc(S(=O)(=O)C(C)CCN(CC)CC(F)(F)I)cc1. The molecule has 1 amide bonds. The van der Waals surface area contributed by atoms with Crippen LogP contribution in [0.15, 0.2) is 58.6 Å². The minimum atomic E-state index is -3.62. The Labute approximate surface area is 221 Å². The highest BCUT2D eigenvalue weighted by molar-refractivity contribution is 14.1. The molecule has 0 spiro atoms. The minimum absolute atomic E-state index is 0.151. The summed E-state index contributed by atoms with van der Waals surface area (Å²) in [5, 5.41) is 2.04. The van der Waals surface area contributed by atoms with Crippen LogP contribution in [0.4, 0.5) is 8.78 Å². The number of carbonyl (C=O) groups is 1. The number of hydrogen-bond acceptors (Lipinski definition) is 6. The van der Waals surface area contributed by atoms with Crippen molar-refractivity contribution in [3.63, 3.8) is 0 Å². The van der Waals surface area contributed by atoms with E-state index in [0.717, 1.165) is 28.2 Å². The fourth-order valence-electron chi connectivity index (χ4n) is 3.13. The first-order valence-electron chi connectivity index (χ1n) is 11.2. The summed E-state index contributed by atoms with van der Waals surface area (Å²) in [6.07, 6.45) is 7.24. The molecule has 35 heavy (non-hydrogen) atoms. The van der Waals surface area contributed by atoms with Crippen molar-refractivity contribution in [2.45, 2.75) is 59.8 Å². The van der Waals surface area contributed by atoms with Crippen molar-refractivity contribution in [2.75, 3.05) is 19.6 Å². The van der Waals surface area contributed by atoms with Crippen LogP contribution in [-0.2, 0) is 21.2 Å². The number of halogens is 3. The second kappa shape index (κ2) is 14.1. The van der Waals surface area contributed by atoms with E-state index in [1.165, 1.54) is 18.3 Å². The van der Waals surface area contributed by atoms with Crippen LogP contribution >= 0.6 is 22.6 Å². The number of rotatable bonds is 15. The lowest BCUT2D eigenvalue weighted by Gasteiger charge is -2.24. The number of hydrogen-bond donors (Lipinski definition) is 2. The maximum absolute atomic E-state index is 13.3. The Morgan fingerprint density at radius 2 is 1.94 bits per heavy atom. The zero-order valence-electron chi connectivity index (χ0n) is 20.4. The Kier molecular flexibility index (Phi) is 12.7. The average Bonchev–Trinajstić information content (AvgIpc) is 2.79. The number of aliphatic imine (C=N–C) groups is 1. The molecule has 1 rings (SSSR count). The molecule has 0 aromatic heterocycles. The van der Waals surface area contributed by atoms with Crippen LogP contribution < -0.4 is 11.1 Å². The van der Waals surface area contributed by atoms with Crippen LogP contribution in [0.3, 0.4) is 0 Å². The van der Waals surface area contributed by atoms with E-state index in [4.69, 9.17) is 5.73 Å². The first kappa shape index (κ1) is 31.3. The summed E-state index contributed by atoms with van der Waals surface area (Å²) in [7, 11) is -3.62. The lowest BCUT2D eigenvalue weighted by atomic mass is 9.97. The zero-order valence-corrected chi connectivity index (χ0v) is 23.4. The summed E-state index contributed by atoms with van der Waals surface area (Å²) in [4.78, 5) is 17.7. The van der Waals surface area contributed by atoms with Crippen molar-refractivity contribution in [3.8, 4) is 0 Å². The quantitative estimate of drug-likeness (QED) is 0.133. The fraction of sp³-hybridized carbons (Fsp3) is 0.500. The summed E-state index contributed by atoms with van der Waals surface area (Å²) < 4.78 is 49.5. The van der Waals surface area contributed by atoms with Gasteiger partial charge in [-0.05, 0) is 70.3 Å². The van der Waals surface area contributed by atoms with Crippen molar-refractivity contribution in [1.29, 1.82) is 0 Å². The van der Waals surface area contributed by atoms with Crippen molar-refractivity contribution in [1.82, 2.24) is 10.2 Å². The molecule has 0 aliphatic heterocycles. The van der Waals surface area contributed by atoms with Crippen LogP contribution in [0.2, 0.25) is 0 Å². The third kappa shape index (κ3) is 11.3. The van der Waals surface area contributed by atoms with Gasteiger partial charge in [0.2, 0.25) is 5.91 Å². The molecule has 1 aromatic rings. The van der Waals surface area contributed by atoms with Crippen LogP contribution in [-0.4, -0.2) is 60.3 Å². The predicted octanol–water partition coefficient (Wildman–Crippen LogP) is 4.08. The summed E-state index contributed by atoms with van der Waals surface area (Å²) in [6, 6.07) is 6.26. The second-order valence-electron chi connectivity index (χ2n) is 8.53. The van der Waals surface area contributed by atoms with Gasteiger partial charge in [-0.1, -0.05) is 31.2 Å². The first-order valence-corrected chi connectivity index (χ1v) is 13.8. The highest BCUT2D eigenvalue weighted by Gasteiger charge is 2.29. The van der Waals surface area contributed by atoms with Gasteiger partial charge in [0.25, 0.3) is 0 Å². The number of alkyl halides is 3. The normalized spacial score (nSPS) is 15.4. The molecule has 2 atom stereocenters. The lowest BCUT2D eigenvalue weighted by molar-refractivity contribution is -0.125. The number of allylic oxidation sites excluding steroid dienone is 2. The topological polar surface area (TPSA) is 105 Å². The van der Waals surface area contributed by atoms with E-state index in [-0.39, 0.29) is 30.3 Å². The summed E-state index contributed by atoms with van der Waals surface area (Å²) >= 11 is 1.09. The summed E-state index contributed by atoms with van der Waals surface area (Å²) in [5.41, 5.74) is 5.71. The van der Waals surface area contributed by atoms with E-state index in [9.17, 15) is 22.0 Å². The van der Waals surface area contributed by atoms with E-state index in [0.29, 0.717) is 13.0 Å². The Bertz CT molecular complexity index is 991. The zero-order chi connectivity index (χ0) is 26.7. The number of nitrogens with two attached hydrogens (primary N) is 1. The third-order valence-electron chi connectivity index (χ3n) is 5.44. The van der Waals surface area contributed by atoms with Gasteiger partial charge in [0.1, 0.15) is 0 Å². The van der Waals surface area contributed by atoms with E-state index < -0.39 is 31.1 Å². The number of sulfone groups is 1. The smallest absolute Gasteiger partial charge is 0.308 e. The van der Waals surface area contributed by atoms with Gasteiger partial charge in [0.15, 0.2) is 9.84 Å². The molecule has 1 aromatic carbocycles. The second-order valence-corrected chi connectivity index (χ2v) is 12.5. The molecule has 2 unspecified atom stereocenters. The van der Waals surface area contributed by atoms with E-state index >= 15 is 0 Å². The fourth-order valence-corrected chi connectivity index (χ4v) is 5.01. The lowest BCUT2D eigenvalue weighted by Crippen LogP contribution is -2.51. The highest BCUT2D eigenvalue weighted by Crippen LogP contribution is 2.24. The predicted molar refractivity (Wildman–Crippen MR) is 146 cm³/mol. The molecule has 0 fully saturated rings. The first-order chi connectivity index (χ1) is 16.2. The van der Waals surface area contributed by atoms with Crippen molar-refractivity contribution >= 4 is 45.1 Å². The van der Waals surface area contributed by atoms with Crippen molar-refractivity contribution < 1.29 is 22.0 Å². The van der Waals surface area contributed by atoms with E-state index in [2.05, 4.69) is 17.0 Å². The molecule has 0 radical (unpaired) electrons. The molecular formula is C24H35F2IN4O3S. The van der Waals surface area contributed by atoms with Gasteiger partial charge in [-0.3, -0.25) is 14.7 Å². The summed E-state index contributed by atoms with van der Waals surface area (Å²) in [6.45, 7) is 8.75. The standard InChI is InChI=1S/C24H35F2IN4O3S/c1-5-31(18-24(25,26)27)16-13-19(2)35(33,34)21-11-9-20(10-12-21)17-30-22(32)23(3,28)14-7-6-8-15-29-4/h6-12,15,19H,4-5,13-14,16-18,28H2,1-3H3,(H,30,32)/b7-6+,15-8-. The van der Waals surface area contributed by atoms with Gasteiger partial charge < -0.3 is 11.1 Å². The number of carbonyl (C=O) groups excluding carboxylic acids is 1. The number of benzene rings is 1. The van der Waals surface area contributed by atoms with Crippen LogP contribution in [0.1, 0.15) is 39.2 Å². The largest absolute Gasteiger partial charge is 0.350 e. The number of nitrogens with one attached hydrogen (secondary N) is 1. The van der Waals surface area contributed by atoms with Crippen LogP contribution in [0.5, 0.6) is 0 Å². The molecule has 0 saturated heterocycles. The number of amides is 1. The third-order valence-corrected chi connectivity index (χ3v) is 8.00. The van der Waals surface area contributed by atoms with Gasteiger partial charge >= 0.3 is 3.93 Å². The summed E-state index contributed by atoms with van der Waals surface area (Å²) in [5.74, 6) is -0.337. The maximum Gasteiger partial charge on any atom is 0.308 e. The van der Waals surface area contributed by atoms with Gasteiger partial charge in [-0.2, -0.15) is 8.78 Å². The maximum atomic E-state index is 13.3. The van der Waals surface area contributed by atoms with E-state index in [1.54, 1.807) is 56.0 Å². The molecular weight excluding hydrogens is 589 g/mol. The van der Waals surface area contributed by atoms with Gasteiger partial charge in [-0.25, -0.2) is 8.42 Å². The minimum Gasteiger partial charge on any atom is -0.350 e. The molecule has 11 heteroatoms. The highest BCUT2D eigenvalue weighted by atomic mass is 127. The Balaban J connectivity index is 2.69. The Morgan fingerprint density at radius 1 is 1.31 bits per heavy atom. The molecule has 196 valence electrons.